The Labute approximate surface area is 109 Å². The van der Waals surface area contributed by atoms with Crippen molar-refractivity contribution in [1.82, 2.24) is 0 Å². The van der Waals surface area contributed by atoms with Gasteiger partial charge in [-0.2, -0.15) is 0 Å². The Morgan fingerprint density at radius 3 is 2.12 bits per heavy atom. The Morgan fingerprint density at radius 2 is 1.53 bits per heavy atom. The molecule has 2 rings (SSSR count). The summed E-state index contributed by atoms with van der Waals surface area (Å²) in [6, 6.07) is 10.6. The maximum Gasteiger partial charge on any atom is 0.0762 e. The normalized spacial score (nSPS) is 10.2. The summed E-state index contributed by atoms with van der Waals surface area (Å²) in [6.45, 7) is 0. The molecule has 88 valence electrons. The highest BCUT2D eigenvalue weighted by atomic mass is 35.5. The van der Waals surface area contributed by atoms with Crippen molar-refractivity contribution in [1.29, 1.82) is 0 Å². The molecule has 2 aromatic carbocycles. The Kier molecular flexibility index (Phi) is 3.31. The van der Waals surface area contributed by atoms with Gasteiger partial charge in [-0.05, 0) is 30.3 Å². The van der Waals surface area contributed by atoms with Crippen LogP contribution in [-0.4, -0.2) is 0 Å². The first-order valence-corrected chi connectivity index (χ1v) is 5.69. The molecule has 5 heteroatoms. The maximum absolute atomic E-state index is 6.05. The van der Waals surface area contributed by atoms with Crippen molar-refractivity contribution in [2.45, 2.75) is 0 Å². The number of nitrogens with two attached hydrogens (primary N) is 2. The Morgan fingerprint density at radius 1 is 0.882 bits per heavy atom. The molecule has 0 fully saturated rings. The number of benzene rings is 2. The third-order valence-electron chi connectivity index (χ3n) is 2.32. The SMILES string of the molecule is Nc1ccc(Nc2c(Cl)cccc2Cl)cc1N. The quantitative estimate of drug-likeness (QED) is 0.724. The molecule has 0 aliphatic rings. The summed E-state index contributed by atoms with van der Waals surface area (Å²) in [6.07, 6.45) is 0. The highest BCUT2D eigenvalue weighted by Gasteiger charge is 2.06. The van der Waals surface area contributed by atoms with Crippen LogP contribution in [0.1, 0.15) is 0 Å². The summed E-state index contributed by atoms with van der Waals surface area (Å²) < 4.78 is 0. The molecule has 0 atom stereocenters. The van der Waals surface area contributed by atoms with E-state index in [1.165, 1.54) is 0 Å². The minimum Gasteiger partial charge on any atom is -0.397 e. The summed E-state index contributed by atoms with van der Waals surface area (Å²) in [5, 5.41) is 4.21. The number of nitrogens with one attached hydrogen (secondary N) is 1. The maximum atomic E-state index is 6.05. The van der Waals surface area contributed by atoms with Gasteiger partial charge < -0.3 is 16.8 Å². The van der Waals surface area contributed by atoms with Gasteiger partial charge in [-0.1, -0.05) is 29.3 Å². The first kappa shape index (κ1) is 11.9. The van der Waals surface area contributed by atoms with E-state index in [1.54, 1.807) is 30.3 Å². The third-order valence-corrected chi connectivity index (χ3v) is 2.95. The fourth-order valence-corrected chi connectivity index (χ4v) is 1.91. The monoisotopic (exact) mass is 267 g/mol. The zero-order chi connectivity index (χ0) is 12.4. The second-order valence-corrected chi connectivity index (χ2v) is 4.38. The van der Waals surface area contributed by atoms with Gasteiger partial charge in [0.15, 0.2) is 0 Å². The van der Waals surface area contributed by atoms with Crippen LogP contribution in [0, 0.1) is 0 Å². The van der Waals surface area contributed by atoms with Gasteiger partial charge in [0.05, 0.1) is 27.1 Å². The van der Waals surface area contributed by atoms with Crippen molar-refractivity contribution in [3.63, 3.8) is 0 Å². The molecule has 0 unspecified atom stereocenters. The van der Waals surface area contributed by atoms with E-state index in [4.69, 9.17) is 34.7 Å². The van der Waals surface area contributed by atoms with Crippen LogP contribution in [0.2, 0.25) is 10.0 Å². The molecule has 0 saturated heterocycles. The van der Waals surface area contributed by atoms with E-state index in [1.807, 2.05) is 6.07 Å². The predicted molar refractivity (Wildman–Crippen MR) is 75.0 cm³/mol. The van der Waals surface area contributed by atoms with Gasteiger partial charge in [0.2, 0.25) is 0 Å². The molecular formula is C12H11Cl2N3. The highest BCUT2D eigenvalue weighted by Crippen LogP contribution is 2.33. The second-order valence-electron chi connectivity index (χ2n) is 3.57. The lowest BCUT2D eigenvalue weighted by Crippen LogP contribution is -1.97. The second kappa shape index (κ2) is 4.73. The zero-order valence-electron chi connectivity index (χ0n) is 8.87. The summed E-state index contributed by atoms with van der Waals surface area (Å²) in [5.41, 5.74) is 13.8. The molecule has 17 heavy (non-hydrogen) atoms. The highest BCUT2D eigenvalue weighted by molar-refractivity contribution is 6.39. The molecule has 0 aromatic heterocycles. The van der Waals surface area contributed by atoms with Crippen molar-refractivity contribution in [2.24, 2.45) is 0 Å². The Bertz CT molecular complexity index is 535. The van der Waals surface area contributed by atoms with Gasteiger partial charge >= 0.3 is 0 Å². The molecule has 5 N–H and O–H groups in total. The number of nitrogen functional groups attached to an aromatic ring is 2. The minimum absolute atomic E-state index is 0.512. The van der Waals surface area contributed by atoms with Crippen LogP contribution in [-0.2, 0) is 0 Å². The largest absolute Gasteiger partial charge is 0.397 e. The van der Waals surface area contributed by atoms with Crippen LogP contribution < -0.4 is 16.8 Å². The summed E-state index contributed by atoms with van der Waals surface area (Å²) in [4.78, 5) is 0. The van der Waals surface area contributed by atoms with E-state index in [0.717, 1.165) is 5.69 Å². The lowest BCUT2D eigenvalue weighted by molar-refractivity contribution is 1.54. The van der Waals surface area contributed by atoms with Crippen LogP contribution >= 0.6 is 23.2 Å². The van der Waals surface area contributed by atoms with Crippen molar-refractivity contribution in [2.75, 3.05) is 16.8 Å². The Balaban J connectivity index is 2.35. The average molecular weight is 268 g/mol. The molecule has 2 aromatic rings. The number of hydrogen-bond acceptors (Lipinski definition) is 3. The third kappa shape index (κ3) is 2.57. The van der Waals surface area contributed by atoms with Crippen molar-refractivity contribution in [3.05, 3.63) is 46.4 Å². The van der Waals surface area contributed by atoms with E-state index in [2.05, 4.69) is 5.32 Å². The minimum atomic E-state index is 0.512. The van der Waals surface area contributed by atoms with Gasteiger partial charge in [0.25, 0.3) is 0 Å². The van der Waals surface area contributed by atoms with Gasteiger partial charge in [-0.15, -0.1) is 0 Å². The number of rotatable bonds is 2. The van der Waals surface area contributed by atoms with Crippen LogP contribution in [0.4, 0.5) is 22.7 Å². The fourth-order valence-electron chi connectivity index (χ4n) is 1.41. The van der Waals surface area contributed by atoms with Gasteiger partial charge in [-0.3, -0.25) is 0 Å². The van der Waals surface area contributed by atoms with Crippen LogP contribution in [0.15, 0.2) is 36.4 Å². The summed E-state index contributed by atoms with van der Waals surface area (Å²) in [7, 11) is 0. The van der Waals surface area contributed by atoms with Crippen molar-refractivity contribution < 1.29 is 0 Å². The molecule has 0 heterocycles. The number of halogens is 2. The average Bonchev–Trinajstić information content (AvgIpc) is 2.28. The molecule has 0 amide bonds. The van der Waals surface area contributed by atoms with E-state index in [9.17, 15) is 0 Å². The predicted octanol–water partition coefficient (Wildman–Crippen LogP) is 3.90. The van der Waals surface area contributed by atoms with Crippen LogP contribution in [0.5, 0.6) is 0 Å². The van der Waals surface area contributed by atoms with E-state index in [0.29, 0.717) is 27.1 Å². The van der Waals surface area contributed by atoms with E-state index >= 15 is 0 Å². The topological polar surface area (TPSA) is 64.1 Å². The molecule has 3 nitrogen and oxygen atoms in total. The molecule has 0 saturated carbocycles. The first-order chi connectivity index (χ1) is 8.08. The molecule has 0 aliphatic carbocycles. The molecule has 0 aliphatic heterocycles. The first-order valence-electron chi connectivity index (χ1n) is 4.94. The lowest BCUT2D eigenvalue weighted by atomic mass is 10.2. The smallest absolute Gasteiger partial charge is 0.0762 e. The van der Waals surface area contributed by atoms with Crippen LogP contribution in [0.3, 0.4) is 0 Å². The standard InChI is InChI=1S/C12H11Cl2N3/c13-8-2-1-3-9(14)12(8)17-7-4-5-10(15)11(16)6-7/h1-6,17H,15-16H2. The molecule has 0 spiro atoms. The van der Waals surface area contributed by atoms with E-state index < -0.39 is 0 Å². The van der Waals surface area contributed by atoms with Gasteiger partial charge in [0.1, 0.15) is 0 Å². The molecule has 0 bridgehead atoms. The molecule has 0 radical (unpaired) electrons. The summed E-state index contributed by atoms with van der Waals surface area (Å²) in [5.74, 6) is 0. The van der Waals surface area contributed by atoms with Crippen LogP contribution in [0.25, 0.3) is 0 Å². The van der Waals surface area contributed by atoms with Gasteiger partial charge in [0, 0.05) is 5.69 Å². The number of anilines is 4. The van der Waals surface area contributed by atoms with Gasteiger partial charge in [-0.25, -0.2) is 0 Å². The Hall–Kier alpha value is -1.58. The number of para-hydroxylation sites is 1. The van der Waals surface area contributed by atoms with E-state index in [-0.39, 0.29) is 0 Å². The van der Waals surface area contributed by atoms with Crippen molar-refractivity contribution >= 4 is 46.0 Å². The summed E-state index contributed by atoms with van der Waals surface area (Å²) >= 11 is 12.1. The number of hydrogen-bond donors (Lipinski definition) is 3. The molecular weight excluding hydrogens is 257 g/mol. The zero-order valence-corrected chi connectivity index (χ0v) is 10.4. The lowest BCUT2D eigenvalue weighted by Gasteiger charge is -2.11. The fraction of sp³-hybridized carbons (Fsp3) is 0. The van der Waals surface area contributed by atoms with Crippen molar-refractivity contribution in [3.8, 4) is 0 Å².